The van der Waals surface area contributed by atoms with E-state index in [0.29, 0.717) is 11.8 Å². The van der Waals surface area contributed by atoms with Crippen LogP contribution in [0.25, 0.3) is 0 Å². The fourth-order valence-electron chi connectivity index (χ4n) is 6.09. The summed E-state index contributed by atoms with van der Waals surface area (Å²) in [6, 6.07) is 10.8. The summed E-state index contributed by atoms with van der Waals surface area (Å²) in [4.78, 5) is 12.3. The number of benzene rings is 1. The summed E-state index contributed by atoms with van der Waals surface area (Å²) in [5, 5.41) is 3.34. The molecule has 1 heterocycles. The molecule has 1 amide bonds. The maximum Gasteiger partial charge on any atom is 0.246 e. The van der Waals surface area contributed by atoms with Gasteiger partial charge < -0.3 is 14.8 Å². The summed E-state index contributed by atoms with van der Waals surface area (Å²) in [5.41, 5.74) is 1.55. The smallest absolute Gasteiger partial charge is 0.246 e. The average Bonchev–Trinajstić information content (AvgIpc) is 3.09. The molecule has 1 aliphatic heterocycles. The Morgan fingerprint density at radius 1 is 1.32 bits per heavy atom. The van der Waals surface area contributed by atoms with Crippen LogP contribution in [0.1, 0.15) is 44.8 Å². The predicted molar refractivity (Wildman–Crippen MR) is 96.0 cm³/mol. The Kier molecular flexibility index (Phi) is 4.16. The Morgan fingerprint density at radius 3 is 2.80 bits per heavy atom. The third kappa shape index (κ3) is 2.53. The molecule has 0 aromatic heterocycles. The molecule has 4 nitrogen and oxygen atoms in total. The van der Waals surface area contributed by atoms with E-state index < -0.39 is 0 Å². The third-order valence-electron chi connectivity index (χ3n) is 7.21. The quantitative estimate of drug-likeness (QED) is 0.912. The summed E-state index contributed by atoms with van der Waals surface area (Å²) in [7, 11) is 1.58. The molecule has 1 saturated heterocycles. The number of carbonyl (C=O) groups is 1. The van der Waals surface area contributed by atoms with Crippen molar-refractivity contribution in [2.24, 2.45) is 22.7 Å². The summed E-state index contributed by atoms with van der Waals surface area (Å²) in [6.07, 6.45) is 3.59. The van der Waals surface area contributed by atoms with Crippen molar-refractivity contribution in [2.45, 2.75) is 45.3 Å². The van der Waals surface area contributed by atoms with E-state index in [1.54, 1.807) is 7.11 Å². The van der Waals surface area contributed by atoms with Crippen LogP contribution >= 0.6 is 0 Å². The number of nitrogens with one attached hydrogen (secondary N) is 1. The molecule has 4 rings (SSSR count). The molecular weight excluding hydrogens is 314 g/mol. The van der Waals surface area contributed by atoms with Gasteiger partial charge in [-0.05, 0) is 47.5 Å². The minimum Gasteiger partial charge on any atom is -0.375 e. The first kappa shape index (κ1) is 17.0. The number of hydrogen-bond donors (Lipinski definition) is 1. The first-order chi connectivity index (χ1) is 12.0. The highest BCUT2D eigenvalue weighted by atomic mass is 16.5. The maximum absolute atomic E-state index is 12.3. The van der Waals surface area contributed by atoms with E-state index in [2.05, 4.69) is 49.5 Å². The van der Waals surface area contributed by atoms with Gasteiger partial charge in [-0.15, -0.1) is 0 Å². The summed E-state index contributed by atoms with van der Waals surface area (Å²) < 4.78 is 11.3. The van der Waals surface area contributed by atoms with E-state index in [4.69, 9.17) is 9.47 Å². The molecule has 1 N–H and O–H groups in total. The lowest BCUT2D eigenvalue weighted by molar-refractivity contribution is -0.139. The van der Waals surface area contributed by atoms with Crippen molar-refractivity contribution in [1.82, 2.24) is 5.32 Å². The lowest BCUT2D eigenvalue weighted by Crippen LogP contribution is -2.59. The number of rotatable bonds is 4. The Labute approximate surface area is 150 Å². The molecule has 5 atom stereocenters. The number of fused-ring (bicyclic) bond motifs is 1. The minimum absolute atomic E-state index is 0.00371. The van der Waals surface area contributed by atoms with Crippen LogP contribution in [0.5, 0.6) is 0 Å². The molecule has 3 fully saturated rings. The van der Waals surface area contributed by atoms with E-state index in [0.717, 1.165) is 13.0 Å². The van der Waals surface area contributed by atoms with Gasteiger partial charge in [0.1, 0.15) is 6.61 Å². The first-order valence-corrected chi connectivity index (χ1v) is 9.44. The van der Waals surface area contributed by atoms with E-state index >= 15 is 0 Å². The predicted octanol–water partition coefficient (Wildman–Crippen LogP) is 3.33. The molecule has 2 bridgehead atoms. The molecular formula is C21H29NO3. The van der Waals surface area contributed by atoms with Crippen LogP contribution in [-0.4, -0.2) is 32.3 Å². The summed E-state index contributed by atoms with van der Waals surface area (Å²) in [5.74, 6) is 1.12. The van der Waals surface area contributed by atoms with Crippen LogP contribution in [-0.2, 0) is 14.3 Å². The second kappa shape index (κ2) is 6.10. The number of hydrogen-bond acceptors (Lipinski definition) is 3. The monoisotopic (exact) mass is 343 g/mol. The third-order valence-corrected chi connectivity index (χ3v) is 7.21. The molecule has 0 unspecified atom stereocenters. The van der Waals surface area contributed by atoms with Crippen molar-refractivity contribution in [3.8, 4) is 0 Å². The highest BCUT2D eigenvalue weighted by Gasteiger charge is 2.68. The zero-order valence-electron chi connectivity index (χ0n) is 15.5. The van der Waals surface area contributed by atoms with Gasteiger partial charge in [0.15, 0.2) is 0 Å². The second-order valence-corrected chi connectivity index (χ2v) is 8.68. The molecule has 1 spiro atoms. The van der Waals surface area contributed by atoms with Gasteiger partial charge in [-0.1, -0.05) is 44.2 Å². The molecule has 1 aromatic carbocycles. The van der Waals surface area contributed by atoms with Crippen molar-refractivity contribution in [3.05, 3.63) is 35.9 Å². The van der Waals surface area contributed by atoms with Crippen LogP contribution in [0, 0.1) is 22.7 Å². The van der Waals surface area contributed by atoms with Gasteiger partial charge >= 0.3 is 0 Å². The standard InChI is InChI=1S/C21H29NO3/c1-20(2)15-11-16-18(14-7-5-4-6-8-14)25-10-9-21(16,12-15)19(20)22-17(23)13-24-3/h4-8,15-16,18-19H,9-13H2,1-3H3,(H,22,23)/t15-,16-,18-,19+,21-/m1/s1. The van der Waals surface area contributed by atoms with Gasteiger partial charge in [0.2, 0.25) is 5.91 Å². The largest absolute Gasteiger partial charge is 0.375 e. The molecule has 0 radical (unpaired) electrons. The normalized spacial score (nSPS) is 38.4. The Bertz CT molecular complexity index is 644. The second-order valence-electron chi connectivity index (χ2n) is 8.68. The van der Waals surface area contributed by atoms with E-state index in [-0.39, 0.29) is 35.5 Å². The molecule has 25 heavy (non-hydrogen) atoms. The molecule has 4 heteroatoms. The fraction of sp³-hybridized carbons (Fsp3) is 0.667. The summed E-state index contributed by atoms with van der Waals surface area (Å²) >= 11 is 0. The van der Waals surface area contributed by atoms with Crippen molar-refractivity contribution in [2.75, 3.05) is 20.3 Å². The highest BCUT2D eigenvalue weighted by molar-refractivity contribution is 5.77. The van der Waals surface area contributed by atoms with E-state index in [1.165, 1.54) is 18.4 Å². The number of ether oxygens (including phenoxy) is 2. The lowest BCUT2D eigenvalue weighted by Gasteiger charge is -2.53. The van der Waals surface area contributed by atoms with Crippen LogP contribution in [0.4, 0.5) is 0 Å². The Hall–Kier alpha value is -1.39. The molecule has 3 aliphatic rings. The number of methoxy groups -OCH3 is 1. The molecule has 1 aromatic rings. The molecule has 2 saturated carbocycles. The summed E-state index contributed by atoms with van der Waals surface area (Å²) in [6.45, 7) is 5.56. The van der Waals surface area contributed by atoms with Crippen molar-refractivity contribution in [3.63, 3.8) is 0 Å². The molecule has 2 aliphatic carbocycles. The minimum atomic E-state index is 0.00371. The highest BCUT2D eigenvalue weighted by Crippen LogP contribution is 2.70. The Morgan fingerprint density at radius 2 is 2.08 bits per heavy atom. The zero-order valence-corrected chi connectivity index (χ0v) is 15.5. The van der Waals surface area contributed by atoms with Crippen molar-refractivity contribution < 1.29 is 14.3 Å². The van der Waals surface area contributed by atoms with Gasteiger partial charge in [-0.2, -0.15) is 0 Å². The Balaban J connectivity index is 1.66. The van der Waals surface area contributed by atoms with Gasteiger partial charge in [0, 0.05) is 19.8 Å². The zero-order chi connectivity index (χ0) is 17.7. The van der Waals surface area contributed by atoms with Crippen molar-refractivity contribution in [1.29, 1.82) is 0 Å². The van der Waals surface area contributed by atoms with Crippen LogP contribution in [0.2, 0.25) is 0 Å². The SMILES string of the molecule is COCC(=O)N[C@H]1C(C)(C)[C@@H]2C[C@@H]3[C@@H](c4ccccc4)OCC[C@@]31C2. The van der Waals surface area contributed by atoms with Gasteiger partial charge in [-0.3, -0.25) is 4.79 Å². The molecule has 136 valence electrons. The lowest BCUT2D eigenvalue weighted by atomic mass is 9.59. The van der Waals surface area contributed by atoms with Gasteiger partial charge in [0.25, 0.3) is 0 Å². The van der Waals surface area contributed by atoms with Crippen LogP contribution < -0.4 is 5.32 Å². The van der Waals surface area contributed by atoms with Crippen molar-refractivity contribution >= 4 is 5.91 Å². The average molecular weight is 343 g/mol. The first-order valence-electron chi connectivity index (χ1n) is 9.44. The van der Waals surface area contributed by atoms with Crippen LogP contribution in [0.15, 0.2) is 30.3 Å². The van der Waals surface area contributed by atoms with E-state index in [1.807, 2.05) is 0 Å². The number of carbonyl (C=O) groups excluding carboxylic acids is 1. The van der Waals surface area contributed by atoms with Crippen LogP contribution in [0.3, 0.4) is 0 Å². The van der Waals surface area contributed by atoms with E-state index in [9.17, 15) is 4.79 Å². The fourth-order valence-corrected chi connectivity index (χ4v) is 6.09. The number of amides is 1. The topological polar surface area (TPSA) is 47.6 Å². The van der Waals surface area contributed by atoms with Gasteiger partial charge in [-0.25, -0.2) is 0 Å². The maximum atomic E-state index is 12.3. The van der Waals surface area contributed by atoms with Gasteiger partial charge in [0.05, 0.1) is 6.10 Å².